The van der Waals surface area contributed by atoms with Crippen LogP contribution in [0.25, 0.3) is 0 Å². The van der Waals surface area contributed by atoms with Crippen molar-refractivity contribution in [3.63, 3.8) is 0 Å². The molecule has 0 aliphatic rings. The van der Waals surface area contributed by atoms with Crippen molar-refractivity contribution >= 4 is 0 Å². The van der Waals surface area contributed by atoms with Crippen molar-refractivity contribution in [3.05, 3.63) is 28.8 Å². The van der Waals surface area contributed by atoms with Crippen molar-refractivity contribution in [2.24, 2.45) is 5.73 Å². The van der Waals surface area contributed by atoms with E-state index < -0.39 is 0 Å². The van der Waals surface area contributed by atoms with Gasteiger partial charge in [0.1, 0.15) is 5.75 Å². The lowest BCUT2D eigenvalue weighted by molar-refractivity contribution is 0.383. The van der Waals surface area contributed by atoms with Gasteiger partial charge in [-0.3, -0.25) is 0 Å². The predicted octanol–water partition coefficient (Wildman–Crippen LogP) is 2.10. The fraction of sp³-hybridized carbons (Fsp3) is 0.571. The highest BCUT2D eigenvalue weighted by atomic mass is 16.5. The van der Waals surface area contributed by atoms with Gasteiger partial charge >= 0.3 is 0 Å². The van der Waals surface area contributed by atoms with Crippen molar-refractivity contribution < 1.29 is 4.74 Å². The topological polar surface area (TPSA) is 47.3 Å². The van der Waals surface area contributed by atoms with Crippen LogP contribution in [0.5, 0.6) is 5.75 Å². The average Bonchev–Trinajstić information content (AvgIpc) is 2.25. The Morgan fingerprint density at radius 1 is 1.29 bits per heavy atom. The fourth-order valence-corrected chi connectivity index (χ4v) is 2.21. The minimum absolute atomic E-state index is 0.00148. The molecule has 0 aromatic heterocycles. The first-order valence-corrected chi connectivity index (χ1v) is 5.99. The minimum Gasteiger partial charge on any atom is -0.496 e. The van der Waals surface area contributed by atoms with Crippen LogP contribution in [0.2, 0.25) is 0 Å². The first-order chi connectivity index (χ1) is 7.92. The van der Waals surface area contributed by atoms with E-state index in [1.165, 1.54) is 16.7 Å². The maximum absolute atomic E-state index is 5.54. The second kappa shape index (κ2) is 5.52. The number of nitrogens with two attached hydrogens (primary N) is 1. The number of benzene rings is 1. The van der Waals surface area contributed by atoms with E-state index in [-0.39, 0.29) is 5.41 Å². The van der Waals surface area contributed by atoms with Gasteiger partial charge in [0, 0.05) is 24.2 Å². The molecule has 0 heterocycles. The van der Waals surface area contributed by atoms with E-state index in [2.05, 4.69) is 45.1 Å². The maximum Gasteiger partial charge on any atom is 0.125 e. The number of hydrogen-bond acceptors (Lipinski definition) is 3. The molecule has 0 saturated carbocycles. The zero-order valence-electron chi connectivity index (χ0n) is 11.6. The SMILES string of the molecule is COc1c(C)cc(C)cc1C(C)(C)CNCN. The van der Waals surface area contributed by atoms with E-state index in [1.54, 1.807) is 7.11 Å². The zero-order chi connectivity index (χ0) is 13.1. The lowest BCUT2D eigenvalue weighted by Gasteiger charge is -2.28. The number of nitrogens with one attached hydrogen (secondary N) is 1. The summed E-state index contributed by atoms with van der Waals surface area (Å²) in [5.41, 5.74) is 9.18. The third-order valence-electron chi connectivity index (χ3n) is 3.06. The number of ether oxygens (including phenoxy) is 1. The molecular weight excluding hydrogens is 212 g/mol. The van der Waals surface area contributed by atoms with E-state index >= 15 is 0 Å². The number of aryl methyl sites for hydroxylation is 2. The Hall–Kier alpha value is -1.06. The van der Waals surface area contributed by atoms with E-state index in [1.807, 2.05) is 0 Å². The standard InChI is InChI=1S/C14H24N2O/c1-10-6-11(2)13(17-5)12(7-10)14(3,4)8-16-9-15/h6-7,16H,8-9,15H2,1-5H3. The molecule has 0 unspecified atom stereocenters. The van der Waals surface area contributed by atoms with Gasteiger partial charge in [-0.05, 0) is 19.4 Å². The molecule has 0 amide bonds. The Kier molecular flexibility index (Phi) is 4.54. The zero-order valence-corrected chi connectivity index (χ0v) is 11.6. The minimum atomic E-state index is 0.00148. The van der Waals surface area contributed by atoms with Gasteiger partial charge in [0.2, 0.25) is 0 Å². The lowest BCUT2D eigenvalue weighted by atomic mass is 9.82. The molecule has 0 aliphatic carbocycles. The molecule has 0 bridgehead atoms. The Bertz CT molecular complexity index is 386. The Balaban J connectivity index is 3.18. The number of methoxy groups -OCH3 is 1. The first-order valence-electron chi connectivity index (χ1n) is 5.99. The van der Waals surface area contributed by atoms with Crippen LogP contribution in [0, 0.1) is 13.8 Å². The van der Waals surface area contributed by atoms with Crippen molar-refractivity contribution in [3.8, 4) is 5.75 Å². The van der Waals surface area contributed by atoms with Crippen LogP contribution in [0.3, 0.4) is 0 Å². The molecule has 0 fully saturated rings. The first kappa shape index (κ1) is 14.0. The molecule has 0 saturated heterocycles. The van der Waals surface area contributed by atoms with Crippen LogP contribution in [-0.2, 0) is 5.41 Å². The van der Waals surface area contributed by atoms with Crippen LogP contribution in [0.15, 0.2) is 12.1 Å². The van der Waals surface area contributed by atoms with Gasteiger partial charge in [0.15, 0.2) is 0 Å². The molecule has 0 radical (unpaired) electrons. The summed E-state index contributed by atoms with van der Waals surface area (Å²) in [6.45, 7) is 9.93. The normalized spacial score (nSPS) is 11.6. The highest BCUT2D eigenvalue weighted by Crippen LogP contribution is 2.34. The van der Waals surface area contributed by atoms with Gasteiger partial charge in [-0.1, -0.05) is 31.5 Å². The molecule has 1 aromatic carbocycles. The molecule has 96 valence electrons. The van der Waals surface area contributed by atoms with Crippen molar-refractivity contribution in [2.45, 2.75) is 33.1 Å². The molecule has 3 N–H and O–H groups in total. The third kappa shape index (κ3) is 3.20. The third-order valence-corrected chi connectivity index (χ3v) is 3.06. The quantitative estimate of drug-likeness (QED) is 0.770. The molecule has 17 heavy (non-hydrogen) atoms. The van der Waals surface area contributed by atoms with Gasteiger partial charge in [-0.15, -0.1) is 0 Å². The molecule has 1 aromatic rings. The van der Waals surface area contributed by atoms with Crippen molar-refractivity contribution in [1.82, 2.24) is 5.32 Å². The maximum atomic E-state index is 5.54. The highest BCUT2D eigenvalue weighted by molar-refractivity contribution is 5.47. The lowest BCUT2D eigenvalue weighted by Crippen LogP contribution is -2.36. The average molecular weight is 236 g/mol. The summed E-state index contributed by atoms with van der Waals surface area (Å²) in [6.07, 6.45) is 0. The molecule has 0 spiro atoms. The monoisotopic (exact) mass is 236 g/mol. The Labute approximate surface area is 104 Å². The Morgan fingerprint density at radius 2 is 1.94 bits per heavy atom. The van der Waals surface area contributed by atoms with Gasteiger partial charge in [0.05, 0.1) is 7.11 Å². The molecule has 1 rings (SSSR count). The summed E-state index contributed by atoms with van der Waals surface area (Å²) >= 11 is 0. The summed E-state index contributed by atoms with van der Waals surface area (Å²) in [6, 6.07) is 4.35. The summed E-state index contributed by atoms with van der Waals surface area (Å²) < 4.78 is 5.54. The smallest absolute Gasteiger partial charge is 0.125 e. The van der Waals surface area contributed by atoms with E-state index in [9.17, 15) is 0 Å². The van der Waals surface area contributed by atoms with Crippen LogP contribution in [-0.4, -0.2) is 20.3 Å². The van der Waals surface area contributed by atoms with Gasteiger partial charge in [-0.2, -0.15) is 0 Å². The predicted molar refractivity (Wildman–Crippen MR) is 72.6 cm³/mol. The second-order valence-corrected chi connectivity index (χ2v) is 5.18. The molecule has 3 heteroatoms. The Morgan fingerprint density at radius 3 is 2.47 bits per heavy atom. The summed E-state index contributed by atoms with van der Waals surface area (Å²) in [7, 11) is 1.73. The van der Waals surface area contributed by atoms with Gasteiger partial charge in [0.25, 0.3) is 0 Å². The van der Waals surface area contributed by atoms with Crippen LogP contribution in [0.4, 0.5) is 0 Å². The highest BCUT2D eigenvalue weighted by Gasteiger charge is 2.25. The van der Waals surface area contributed by atoms with Gasteiger partial charge < -0.3 is 15.8 Å². The van der Waals surface area contributed by atoms with Crippen LogP contribution >= 0.6 is 0 Å². The van der Waals surface area contributed by atoms with Crippen molar-refractivity contribution in [1.29, 1.82) is 0 Å². The van der Waals surface area contributed by atoms with Crippen LogP contribution in [0.1, 0.15) is 30.5 Å². The summed E-state index contributed by atoms with van der Waals surface area (Å²) in [4.78, 5) is 0. The number of rotatable bonds is 5. The molecule has 0 aliphatic heterocycles. The summed E-state index contributed by atoms with van der Waals surface area (Å²) in [5.74, 6) is 0.986. The molecular formula is C14H24N2O. The van der Waals surface area contributed by atoms with E-state index in [4.69, 9.17) is 10.5 Å². The van der Waals surface area contributed by atoms with Crippen molar-refractivity contribution in [2.75, 3.05) is 20.3 Å². The van der Waals surface area contributed by atoms with Gasteiger partial charge in [-0.25, -0.2) is 0 Å². The largest absolute Gasteiger partial charge is 0.496 e. The van der Waals surface area contributed by atoms with E-state index in [0.29, 0.717) is 6.67 Å². The molecule has 3 nitrogen and oxygen atoms in total. The second-order valence-electron chi connectivity index (χ2n) is 5.18. The number of hydrogen-bond donors (Lipinski definition) is 2. The molecule has 0 atom stereocenters. The van der Waals surface area contributed by atoms with Crippen LogP contribution < -0.4 is 15.8 Å². The van der Waals surface area contributed by atoms with E-state index in [0.717, 1.165) is 12.3 Å². The fourth-order valence-electron chi connectivity index (χ4n) is 2.21. The summed E-state index contributed by atoms with van der Waals surface area (Å²) in [5, 5.41) is 3.20.